The fourth-order valence-electron chi connectivity index (χ4n) is 2.91. The molecule has 1 aliphatic rings. The lowest BCUT2D eigenvalue weighted by Gasteiger charge is -2.05. The Morgan fingerprint density at radius 3 is 2.65 bits per heavy atom. The third kappa shape index (κ3) is 4.09. The number of hydrogen-bond donors (Lipinski definition) is 2. The van der Waals surface area contributed by atoms with E-state index in [4.69, 9.17) is 5.14 Å². The fraction of sp³-hybridized carbons (Fsp3) is 0.353. The van der Waals surface area contributed by atoms with Gasteiger partial charge in [-0.25, -0.2) is 13.6 Å². The highest BCUT2D eigenvalue weighted by Crippen LogP contribution is 2.48. The van der Waals surface area contributed by atoms with Crippen LogP contribution in [0.25, 0.3) is 10.8 Å². The van der Waals surface area contributed by atoms with E-state index in [1.54, 1.807) is 0 Å². The Morgan fingerprint density at radius 1 is 1.17 bits per heavy atom. The number of nitrogens with two attached hydrogens (primary N) is 1. The van der Waals surface area contributed by atoms with Crippen molar-refractivity contribution in [1.29, 1.82) is 0 Å². The van der Waals surface area contributed by atoms with Crippen molar-refractivity contribution in [3.63, 3.8) is 0 Å². The monoisotopic (exact) mass is 332 g/mol. The van der Waals surface area contributed by atoms with Crippen LogP contribution < -0.4 is 10.5 Å². The highest BCUT2D eigenvalue weighted by atomic mass is 32.2. The summed E-state index contributed by atoms with van der Waals surface area (Å²) in [5, 5.41) is 10.1. The quantitative estimate of drug-likeness (QED) is 0.790. The minimum Gasteiger partial charge on any atom is -0.356 e. The number of primary sulfonamides is 1. The van der Waals surface area contributed by atoms with E-state index in [1.165, 1.54) is 16.3 Å². The van der Waals surface area contributed by atoms with Crippen LogP contribution in [0, 0.1) is 5.92 Å². The third-order valence-corrected chi connectivity index (χ3v) is 5.09. The molecule has 0 saturated heterocycles. The van der Waals surface area contributed by atoms with Crippen molar-refractivity contribution in [2.24, 2.45) is 11.1 Å². The van der Waals surface area contributed by atoms with Gasteiger partial charge in [-0.15, -0.1) is 0 Å². The second-order valence-electron chi connectivity index (χ2n) is 6.07. The molecule has 3 rings (SSSR count). The number of sulfonamides is 1. The van der Waals surface area contributed by atoms with Crippen molar-refractivity contribution in [3.05, 3.63) is 48.0 Å². The van der Waals surface area contributed by atoms with E-state index in [9.17, 15) is 13.2 Å². The van der Waals surface area contributed by atoms with E-state index in [0.717, 1.165) is 6.42 Å². The zero-order valence-corrected chi connectivity index (χ0v) is 13.6. The van der Waals surface area contributed by atoms with Gasteiger partial charge in [-0.2, -0.15) is 0 Å². The standard InChI is InChI=1S/C17H20N2O3S/c18-23(21,22)9-3-8-19-17(20)16-11-15(16)14-7-6-12-4-1-2-5-13(12)10-14/h1-2,4-7,10,15-16H,3,8-9,11H2,(H,19,20)(H2,18,21,22)/t15-,16-/m1/s1. The van der Waals surface area contributed by atoms with Crippen LogP contribution in [-0.2, 0) is 14.8 Å². The van der Waals surface area contributed by atoms with Crippen LogP contribution in [0.5, 0.6) is 0 Å². The number of carbonyl (C=O) groups excluding carboxylic acids is 1. The maximum absolute atomic E-state index is 12.1. The number of fused-ring (bicyclic) bond motifs is 1. The lowest BCUT2D eigenvalue weighted by atomic mass is 10.0. The zero-order chi connectivity index (χ0) is 16.4. The molecule has 5 nitrogen and oxygen atoms in total. The second kappa shape index (κ2) is 6.29. The SMILES string of the molecule is NS(=O)(=O)CCCNC(=O)[C@@H]1C[C@@H]1c1ccc2ccccc2c1. The van der Waals surface area contributed by atoms with Gasteiger partial charge >= 0.3 is 0 Å². The molecule has 0 bridgehead atoms. The summed E-state index contributed by atoms with van der Waals surface area (Å²) in [4.78, 5) is 12.1. The molecule has 6 heteroatoms. The zero-order valence-electron chi connectivity index (χ0n) is 12.7. The van der Waals surface area contributed by atoms with Gasteiger partial charge in [0.25, 0.3) is 0 Å². The van der Waals surface area contributed by atoms with E-state index in [0.29, 0.717) is 13.0 Å². The van der Waals surface area contributed by atoms with Crippen LogP contribution in [0.4, 0.5) is 0 Å². The van der Waals surface area contributed by atoms with Crippen LogP contribution in [0.1, 0.15) is 24.3 Å². The van der Waals surface area contributed by atoms with Crippen LogP contribution >= 0.6 is 0 Å². The summed E-state index contributed by atoms with van der Waals surface area (Å²) in [5.74, 6) is 0.146. The summed E-state index contributed by atoms with van der Waals surface area (Å²) in [6.45, 7) is 0.343. The molecule has 0 spiro atoms. The molecule has 1 aliphatic carbocycles. The van der Waals surface area contributed by atoms with Gasteiger partial charge in [0, 0.05) is 12.5 Å². The first-order valence-corrected chi connectivity index (χ1v) is 9.42. The molecule has 1 saturated carbocycles. The third-order valence-electron chi connectivity index (χ3n) is 4.23. The molecule has 23 heavy (non-hydrogen) atoms. The maximum Gasteiger partial charge on any atom is 0.223 e. The van der Waals surface area contributed by atoms with Crippen LogP contribution in [0.2, 0.25) is 0 Å². The molecule has 0 aliphatic heterocycles. The molecule has 3 N–H and O–H groups in total. The van der Waals surface area contributed by atoms with Crippen LogP contribution in [0.15, 0.2) is 42.5 Å². The first kappa shape index (κ1) is 16.0. The molecule has 1 fully saturated rings. The highest BCUT2D eigenvalue weighted by molar-refractivity contribution is 7.89. The summed E-state index contributed by atoms with van der Waals surface area (Å²) < 4.78 is 21.7. The predicted octanol–water partition coefficient (Wildman–Crippen LogP) is 1.74. The number of benzene rings is 2. The van der Waals surface area contributed by atoms with Crippen molar-refractivity contribution in [1.82, 2.24) is 5.32 Å². The average molecular weight is 332 g/mol. The molecule has 0 radical (unpaired) electrons. The van der Waals surface area contributed by atoms with Gasteiger partial charge < -0.3 is 5.32 Å². The van der Waals surface area contributed by atoms with Crippen molar-refractivity contribution in [3.8, 4) is 0 Å². The van der Waals surface area contributed by atoms with E-state index in [1.807, 2.05) is 12.1 Å². The van der Waals surface area contributed by atoms with Crippen LogP contribution in [-0.4, -0.2) is 26.6 Å². The molecule has 0 unspecified atom stereocenters. The molecule has 2 aromatic rings. The molecule has 1 amide bonds. The van der Waals surface area contributed by atoms with E-state index < -0.39 is 10.0 Å². The Morgan fingerprint density at radius 2 is 1.91 bits per heavy atom. The van der Waals surface area contributed by atoms with E-state index in [-0.39, 0.29) is 23.5 Å². The fourth-order valence-corrected chi connectivity index (χ4v) is 3.45. The van der Waals surface area contributed by atoms with Gasteiger partial charge in [0.05, 0.1) is 5.75 Å². The second-order valence-corrected chi connectivity index (χ2v) is 7.80. The molecule has 2 atom stereocenters. The molecular formula is C17H20N2O3S. The molecule has 122 valence electrons. The van der Waals surface area contributed by atoms with Gasteiger partial charge in [-0.3, -0.25) is 4.79 Å². The number of carbonyl (C=O) groups is 1. The molecular weight excluding hydrogens is 312 g/mol. The topological polar surface area (TPSA) is 89.3 Å². The first-order valence-electron chi connectivity index (χ1n) is 7.71. The van der Waals surface area contributed by atoms with Crippen LogP contribution in [0.3, 0.4) is 0 Å². The van der Waals surface area contributed by atoms with Crippen molar-refractivity contribution < 1.29 is 13.2 Å². The van der Waals surface area contributed by atoms with Gasteiger partial charge in [0.15, 0.2) is 0 Å². The maximum atomic E-state index is 12.1. The summed E-state index contributed by atoms with van der Waals surface area (Å²) >= 11 is 0. The van der Waals surface area contributed by atoms with Crippen molar-refractivity contribution in [2.45, 2.75) is 18.8 Å². The van der Waals surface area contributed by atoms with E-state index in [2.05, 4.69) is 35.6 Å². The lowest BCUT2D eigenvalue weighted by Crippen LogP contribution is -2.28. The number of nitrogens with one attached hydrogen (secondary N) is 1. The van der Waals surface area contributed by atoms with Gasteiger partial charge in [0.2, 0.25) is 15.9 Å². The minimum atomic E-state index is -3.45. The summed E-state index contributed by atoms with van der Waals surface area (Å²) in [6, 6.07) is 14.5. The highest BCUT2D eigenvalue weighted by Gasteiger charge is 2.43. The van der Waals surface area contributed by atoms with Crippen molar-refractivity contribution in [2.75, 3.05) is 12.3 Å². The molecule has 0 heterocycles. The summed E-state index contributed by atoms with van der Waals surface area (Å²) in [7, 11) is -3.45. The smallest absolute Gasteiger partial charge is 0.223 e. The predicted molar refractivity (Wildman–Crippen MR) is 90.4 cm³/mol. The Hall–Kier alpha value is -1.92. The van der Waals surface area contributed by atoms with E-state index >= 15 is 0 Å². The van der Waals surface area contributed by atoms with Crippen molar-refractivity contribution >= 4 is 26.7 Å². The van der Waals surface area contributed by atoms with Gasteiger partial charge in [0.1, 0.15) is 0 Å². The number of amides is 1. The average Bonchev–Trinajstić information content (AvgIpc) is 3.30. The summed E-state index contributed by atoms with van der Waals surface area (Å²) in [5.41, 5.74) is 1.19. The Balaban J connectivity index is 1.54. The number of rotatable bonds is 6. The Labute approximate surface area is 135 Å². The molecule has 0 aromatic heterocycles. The Bertz CT molecular complexity index is 833. The number of hydrogen-bond acceptors (Lipinski definition) is 3. The Kier molecular flexibility index (Phi) is 4.37. The molecule has 2 aromatic carbocycles. The van der Waals surface area contributed by atoms with Gasteiger partial charge in [-0.05, 0) is 35.1 Å². The minimum absolute atomic E-state index is 0.00224. The summed E-state index contributed by atoms with van der Waals surface area (Å²) in [6.07, 6.45) is 1.19. The first-order chi connectivity index (χ1) is 10.9. The normalized spacial score (nSPS) is 20.4. The lowest BCUT2D eigenvalue weighted by molar-refractivity contribution is -0.122. The largest absolute Gasteiger partial charge is 0.356 e. The van der Waals surface area contributed by atoms with Gasteiger partial charge in [-0.1, -0.05) is 42.5 Å².